The van der Waals surface area contributed by atoms with Gasteiger partial charge in [0, 0.05) is 11.0 Å². The number of hydrogen-bond acceptors (Lipinski definition) is 3. The Balaban J connectivity index is 2.45. The first kappa shape index (κ1) is 14.8. The Labute approximate surface area is 125 Å². The fraction of sp³-hybridized carbons (Fsp3) is 0.429. The Hall–Kier alpha value is -1.56. The predicted molar refractivity (Wildman–Crippen MR) is 79.8 cm³/mol. The highest BCUT2D eigenvalue weighted by atomic mass is 79.9. The number of anilines is 1. The Morgan fingerprint density at radius 2 is 2.15 bits per heavy atom. The molecule has 1 heterocycles. The average Bonchev–Trinajstić information content (AvgIpc) is 2.38. The third-order valence-corrected chi connectivity index (χ3v) is 4.18. The van der Waals surface area contributed by atoms with E-state index >= 15 is 0 Å². The van der Waals surface area contributed by atoms with Crippen molar-refractivity contribution in [2.24, 2.45) is 11.7 Å². The molecule has 1 aromatic rings. The van der Waals surface area contributed by atoms with Gasteiger partial charge < -0.3 is 15.7 Å². The molecule has 3 N–H and O–H groups in total. The number of rotatable bonds is 3. The van der Waals surface area contributed by atoms with Crippen LogP contribution in [-0.4, -0.2) is 29.6 Å². The fourth-order valence-corrected chi connectivity index (χ4v) is 2.96. The summed E-state index contributed by atoms with van der Waals surface area (Å²) in [5.41, 5.74) is 6.34. The minimum Gasteiger partial charge on any atom is -0.480 e. The Morgan fingerprint density at radius 3 is 2.75 bits per heavy atom. The van der Waals surface area contributed by atoms with Crippen molar-refractivity contribution in [3.05, 3.63) is 28.2 Å². The van der Waals surface area contributed by atoms with E-state index in [4.69, 9.17) is 5.73 Å². The van der Waals surface area contributed by atoms with Gasteiger partial charge in [0.05, 0.1) is 11.3 Å². The normalized spacial score (nSPS) is 22.6. The maximum Gasteiger partial charge on any atom is 0.326 e. The maximum atomic E-state index is 11.5. The van der Waals surface area contributed by atoms with Gasteiger partial charge in [0.25, 0.3) is 5.91 Å². The molecule has 1 saturated heterocycles. The molecule has 1 aliphatic rings. The number of carboxylic acid groups (broad SMARTS) is 1. The summed E-state index contributed by atoms with van der Waals surface area (Å²) in [5.74, 6) is -1.06. The lowest BCUT2D eigenvalue weighted by Crippen LogP contribution is -2.47. The molecule has 2 unspecified atom stereocenters. The zero-order valence-electron chi connectivity index (χ0n) is 11.2. The second kappa shape index (κ2) is 5.83. The molecule has 0 saturated carbocycles. The number of carbonyl (C=O) groups excluding carboxylic acids is 1. The van der Waals surface area contributed by atoms with Gasteiger partial charge in [0.2, 0.25) is 0 Å². The number of carboxylic acids is 1. The quantitative estimate of drug-likeness (QED) is 0.883. The minimum absolute atomic E-state index is 0.356. The van der Waals surface area contributed by atoms with Crippen molar-refractivity contribution in [1.29, 1.82) is 0 Å². The Bertz CT molecular complexity index is 547. The van der Waals surface area contributed by atoms with Crippen LogP contribution in [0.5, 0.6) is 0 Å². The molecule has 1 amide bonds. The number of piperidine rings is 1. The molecule has 0 aliphatic carbocycles. The van der Waals surface area contributed by atoms with Crippen molar-refractivity contribution < 1.29 is 14.7 Å². The topological polar surface area (TPSA) is 83.6 Å². The van der Waals surface area contributed by atoms with E-state index in [0.717, 1.165) is 10.9 Å². The Morgan fingerprint density at radius 1 is 1.45 bits per heavy atom. The van der Waals surface area contributed by atoms with Gasteiger partial charge in [-0.05, 0) is 37.0 Å². The van der Waals surface area contributed by atoms with E-state index in [1.54, 1.807) is 23.1 Å². The molecule has 0 aromatic heterocycles. The van der Waals surface area contributed by atoms with E-state index in [9.17, 15) is 14.7 Å². The van der Waals surface area contributed by atoms with Crippen LogP contribution in [0.4, 0.5) is 5.69 Å². The molecule has 1 aliphatic heterocycles. The van der Waals surface area contributed by atoms with Gasteiger partial charge in [-0.3, -0.25) is 4.79 Å². The summed E-state index contributed by atoms with van der Waals surface area (Å²) >= 11 is 3.35. The second-order valence-electron chi connectivity index (χ2n) is 5.20. The molecular weight excluding hydrogens is 324 g/mol. The number of amides is 1. The molecule has 1 aromatic carbocycles. The van der Waals surface area contributed by atoms with Gasteiger partial charge in [-0.15, -0.1) is 0 Å². The van der Waals surface area contributed by atoms with Crippen molar-refractivity contribution in [2.45, 2.75) is 25.8 Å². The van der Waals surface area contributed by atoms with Crippen LogP contribution in [-0.2, 0) is 4.79 Å². The van der Waals surface area contributed by atoms with Crippen LogP contribution >= 0.6 is 15.9 Å². The summed E-state index contributed by atoms with van der Waals surface area (Å²) in [6.07, 6.45) is 1.47. The van der Waals surface area contributed by atoms with Crippen LogP contribution in [0, 0.1) is 5.92 Å². The standard InChI is InChI=1S/C14H17BrN2O3/c1-8-4-5-17(12(6-8)14(19)20)11-7-9(15)2-3-10(11)13(16)18/h2-3,7-8,12H,4-6H2,1H3,(H2,16,18)(H,19,20). The third-order valence-electron chi connectivity index (χ3n) is 3.68. The minimum atomic E-state index is -0.869. The SMILES string of the molecule is CC1CCN(c2cc(Br)ccc2C(N)=O)C(C(=O)O)C1. The van der Waals surface area contributed by atoms with Crippen molar-refractivity contribution in [2.75, 3.05) is 11.4 Å². The molecular formula is C14H17BrN2O3. The van der Waals surface area contributed by atoms with Crippen LogP contribution in [0.1, 0.15) is 30.1 Å². The molecule has 1 fully saturated rings. The summed E-state index contributed by atoms with van der Waals surface area (Å²) in [5, 5.41) is 9.42. The maximum absolute atomic E-state index is 11.5. The van der Waals surface area contributed by atoms with Gasteiger partial charge in [-0.2, -0.15) is 0 Å². The van der Waals surface area contributed by atoms with Crippen LogP contribution in [0.25, 0.3) is 0 Å². The lowest BCUT2D eigenvalue weighted by Gasteiger charge is -2.38. The zero-order chi connectivity index (χ0) is 14.9. The first-order chi connectivity index (χ1) is 9.40. The second-order valence-corrected chi connectivity index (χ2v) is 6.12. The molecule has 0 radical (unpaired) electrons. The number of carbonyl (C=O) groups is 2. The van der Waals surface area contributed by atoms with Gasteiger partial charge in [-0.25, -0.2) is 4.79 Å². The molecule has 5 nitrogen and oxygen atoms in total. The van der Waals surface area contributed by atoms with E-state index in [2.05, 4.69) is 15.9 Å². The highest BCUT2D eigenvalue weighted by molar-refractivity contribution is 9.10. The first-order valence-corrected chi connectivity index (χ1v) is 7.28. The first-order valence-electron chi connectivity index (χ1n) is 6.49. The summed E-state index contributed by atoms with van der Waals surface area (Å²) in [6.45, 7) is 2.65. The number of primary amides is 1. The van der Waals surface area contributed by atoms with Crippen LogP contribution < -0.4 is 10.6 Å². The number of benzene rings is 1. The fourth-order valence-electron chi connectivity index (χ4n) is 2.61. The van der Waals surface area contributed by atoms with Crippen LogP contribution in [0.2, 0.25) is 0 Å². The van der Waals surface area contributed by atoms with Crippen LogP contribution in [0.15, 0.2) is 22.7 Å². The lowest BCUT2D eigenvalue weighted by molar-refractivity contribution is -0.139. The number of halogens is 1. The van der Waals surface area contributed by atoms with Gasteiger partial charge in [0.1, 0.15) is 6.04 Å². The molecule has 0 bridgehead atoms. The number of hydrogen-bond donors (Lipinski definition) is 2. The molecule has 0 spiro atoms. The molecule has 108 valence electrons. The number of nitrogens with zero attached hydrogens (tertiary/aromatic N) is 1. The third kappa shape index (κ3) is 2.95. The molecule has 6 heteroatoms. The molecule has 2 atom stereocenters. The summed E-state index contributed by atoms with van der Waals surface area (Å²) in [7, 11) is 0. The number of nitrogens with two attached hydrogens (primary N) is 1. The number of aliphatic carboxylic acids is 1. The van der Waals surface area contributed by atoms with Crippen molar-refractivity contribution >= 4 is 33.5 Å². The van der Waals surface area contributed by atoms with E-state index in [1.807, 2.05) is 6.92 Å². The summed E-state index contributed by atoms with van der Waals surface area (Å²) in [6, 6.07) is 4.49. The van der Waals surface area contributed by atoms with Gasteiger partial charge in [0.15, 0.2) is 0 Å². The molecule has 20 heavy (non-hydrogen) atoms. The van der Waals surface area contributed by atoms with E-state index in [0.29, 0.717) is 30.1 Å². The highest BCUT2D eigenvalue weighted by Crippen LogP contribution is 2.32. The van der Waals surface area contributed by atoms with E-state index in [1.165, 1.54) is 0 Å². The van der Waals surface area contributed by atoms with Crippen molar-refractivity contribution in [3.8, 4) is 0 Å². The van der Waals surface area contributed by atoms with E-state index in [-0.39, 0.29) is 0 Å². The monoisotopic (exact) mass is 340 g/mol. The Kier molecular flexibility index (Phi) is 4.32. The lowest BCUT2D eigenvalue weighted by atomic mass is 9.91. The van der Waals surface area contributed by atoms with E-state index < -0.39 is 17.9 Å². The smallest absolute Gasteiger partial charge is 0.326 e. The van der Waals surface area contributed by atoms with Crippen molar-refractivity contribution in [3.63, 3.8) is 0 Å². The zero-order valence-corrected chi connectivity index (χ0v) is 12.8. The summed E-state index contributed by atoms with van der Waals surface area (Å²) < 4.78 is 0.792. The molecule has 2 rings (SSSR count). The highest BCUT2D eigenvalue weighted by Gasteiger charge is 2.33. The predicted octanol–water partition coefficient (Wildman–Crippen LogP) is 2.24. The van der Waals surface area contributed by atoms with Crippen molar-refractivity contribution in [1.82, 2.24) is 0 Å². The van der Waals surface area contributed by atoms with Gasteiger partial charge >= 0.3 is 5.97 Å². The van der Waals surface area contributed by atoms with Crippen LogP contribution in [0.3, 0.4) is 0 Å². The van der Waals surface area contributed by atoms with Gasteiger partial charge in [-0.1, -0.05) is 22.9 Å². The largest absolute Gasteiger partial charge is 0.480 e. The summed E-state index contributed by atoms with van der Waals surface area (Å²) in [4.78, 5) is 24.8. The average molecular weight is 341 g/mol.